The molecule has 0 aromatic carbocycles. The molecule has 0 bridgehead atoms. The maximum atomic E-state index is 5.76. The molecule has 2 rings (SSSR count). The SMILES string of the molecule is CCOC1CCCN(CCc2nc(CCl)cs2)C1. The van der Waals surface area contributed by atoms with Crippen LogP contribution in [0.4, 0.5) is 0 Å². The van der Waals surface area contributed by atoms with Crippen LogP contribution in [0.1, 0.15) is 30.5 Å². The monoisotopic (exact) mass is 288 g/mol. The van der Waals surface area contributed by atoms with Crippen LogP contribution in [0.2, 0.25) is 0 Å². The zero-order chi connectivity index (χ0) is 12.8. The minimum atomic E-state index is 0.429. The number of ether oxygens (including phenoxy) is 1. The summed E-state index contributed by atoms with van der Waals surface area (Å²) in [6, 6.07) is 0. The first-order valence-electron chi connectivity index (χ1n) is 6.65. The van der Waals surface area contributed by atoms with E-state index in [2.05, 4.69) is 22.2 Å². The summed E-state index contributed by atoms with van der Waals surface area (Å²) in [5.41, 5.74) is 1.00. The molecule has 1 aliphatic rings. The van der Waals surface area contributed by atoms with Gasteiger partial charge >= 0.3 is 0 Å². The number of rotatable bonds is 6. The Kier molecular flexibility index (Phi) is 5.89. The molecule has 1 aromatic heterocycles. The molecule has 1 saturated heterocycles. The molecular weight excluding hydrogens is 268 g/mol. The zero-order valence-electron chi connectivity index (χ0n) is 10.9. The van der Waals surface area contributed by atoms with Crippen LogP contribution >= 0.6 is 22.9 Å². The molecule has 1 atom stereocenters. The van der Waals surface area contributed by atoms with E-state index in [0.717, 1.165) is 31.8 Å². The maximum Gasteiger partial charge on any atom is 0.0941 e. The van der Waals surface area contributed by atoms with E-state index in [1.54, 1.807) is 11.3 Å². The molecule has 0 N–H and O–H groups in total. The smallest absolute Gasteiger partial charge is 0.0941 e. The van der Waals surface area contributed by atoms with Crippen molar-refractivity contribution in [2.24, 2.45) is 0 Å². The summed E-state index contributed by atoms with van der Waals surface area (Å²) < 4.78 is 5.71. The fourth-order valence-electron chi connectivity index (χ4n) is 2.37. The van der Waals surface area contributed by atoms with E-state index in [1.165, 1.54) is 24.4 Å². The standard InChI is InChI=1S/C13H21ClN2OS/c1-2-17-12-4-3-6-16(9-12)7-5-13-15-11(8-14)10-18-13/h10,12H,2-9H2,1H3. The molecule has 0 aliphatic carbocycles. The van der Waals surface area contributed by atoms with Crippen molar-refractivity contribution in [1.82, 2.24) is 9.88 Å². The van der Waals surface area contributed by atoms with Crippen molar-refractivity contribution in [2.75, 3.05) is 26.2 Å². The van der Waals surface area contributed by atoms with E-state index < -0.39 is 0 Å². The van der Waals surface area contributed by atoms with Crippen LogP contribution in [0.15, 0.2) is 5.38 Å². The molecule has 3 nitrogen and oxygen atoms in total. The van der Waals surface area contributed by atoms with Crippen molar-refractivity contribution in [1.29, 1.82) is 0 Å². The Morgan fingerprint density at radius 2 is 2.50 bits per heavy atom. The molecule has 0 saturated carbocycles. The van der Waals surface area contributed by atoms with Crippen molar-refractivity contribution in [3.63, 3.8) is 0 Å². The van der Waals surface area contributed by atoms with Gasteiger partial charge in [0.15, 0.2) is 0 Å². The van der Waals surface area contributed by atoms with Crippen LogP contribution < -0.4 is 0 Å². The highest BCUT2D eigenvalue weighted by molar-refractivity contribution is 7.09. The van der Waals surface area contributed by atoms with Gasteiger partial charge in [0.05, 0.1) is 22.7 Å². The van der Waals surface area contributed by atoms with Gasteiger partial charge in [-0.1, -0.05) is 0 Å². The highest BCUT2D eigenvalue weighted by atomic mass is 35.5. The minimum Gasteiger partial charge on any atom is -0.377 e. The lowest BCUT2D eigenvalue weighted by molar-refractivity contribution is 0.00632. The average Bonchev–Trinajstić information content (AvgIpc) is 2.85. The van der Waals surface area contributed by atoms with Gasteiger partial charge in [0.2, 0.25) is 0 Å². The fourth-order valence-corrected chi connectivity index (χ4v) is 3.38. The third-order valence-corrected chi connectivity index (χ3v) is 4.47. The first-order valence-corrected chi connectivity index (χ1v) is 8.06. The number of hydrogen-bond donors (Lipinski definition) is 0. The zero-order valence-corrected chi connectivity index (χ0v) is 12.5. The average molecular weight is 289 g/mol. The van der Waals surface area contributed by atoms with Crippen molar-refractivity contribution in [3.05, 3.63) is 16.1 Å². The molecule has 5 heteroatoms. The van der Waals surface area contributed by atoms with E-state index in [0.29, 0.717) is 12.0 Å². The van der Waals surface area contributed by atoms with Gasteiger partial charge in [0.1, 0.15) is 0 Å². The second kappa shape index (κ2) is 7.43. The highest BCUT2D eigenvalue weighted by Gasteiger charge is 2.19. The molecule has 1 fully saturated rings. The second-order valence-electron chi connectivity index (χ2n) is 4.64. The summed E-state index contributed by atoms with van der Waals surface area (Å²) in [5.74, 6) is 0.520. The number of thiazole rings is 1. The van der Waals surface area contributed by atoms with Gasteiger partial charge in [0.25, 0.3) is 0 Å². The summed E-state index contributed by atoms with van der Waals surface area (Å²) >= 11 is 7.48. The van der Waals surface area contributed by atoms with Gasteiger partial charge < -0.3 is 9.64 Å². The van der Waals surface area contributed by atoms with E-state index in [1.807, 2.05) is 0 Å². The number of hydrogen-bond acceptors (Lipinski definition) is 4. The molecule has 2 heterocycles. The molecule has 1 aromatic rings. The Labute approximate surface area is 118 Å². The summed E-state index contributed by atoms with van der Waals surface area (Å²) in [4.78, 5) is 6.99. The Hall–Kier alpha value is -0.160. The molecule has 18 heavy (non-hydrogen) atoms. The fraction of sp³-hybridized carbons (Fsp3) is 0.769. The van der Waals surface area contributed by atoms with Crippen molar-refractivity contribution in [3.8, 4) is 0 Å². The molecule has 1 aliphatic heterocycles. The lowest BCUT2D eigenvalue weighted by atomic mass is 10.1. The van der Waals surface area contributed by atoms with Gasteiger partial charge in [-0.25, -0.2) is 4.98 Å². The van der Waals surface area contributed by atoms with E-state index in [-0.39, 0.29) is 0 Å². The predicted octanol–water partition coefficient (Wildman–Crippen LogP) is 2.93. The molecule has 0 radical (unpaired) electrons. The number of likely N-dealkylation sites (tertiary alicyclic amines) is 1. The van der Waals surface area contributed by atoms with Gasteiger partial charge in [-0.2, -0.15) is 0 Å². The Balaban J connectivity index is 1.75. The lowest BCUT2D eigenvalue weighted by Gasteiger charge is -2.32. The van der Waals surface area contributed by atoms with Crippen LogP contribution in [0, 0.1) is 0 Å². The lowest BCUT2D eigenvalue weighted by Crippen LogP contribution is -2.40. The van der Waals surface area contributed by atoms with Gasteiger partial charge in [0, 0.05) is 31.5 Å². The number of aromatic nitrogens is 1. The largest absolute Gasteiger partial charge is 0.377 e. The van der Waals surface area contributed by atoms with Crippen molar-refractivity contribution in [2.45, 2.75) is 38.2 Å². The quantitative estimate of drug-likeness (QED) is 0.753. The van der Waals surface area contributed by atoms with Crippen LogP contribution in [-0.2, 0) is 17.0 Å². The van der Waals surface area contributed by atoms with E-state index in [4.69, 9.17) is 16.3 Å². The Bertz CT molecular complexity index is 357. The third-order valence-electron chi connectivity index (χ3n) is 3.24. The highest BCUT2D eigenvalue weighted by Crippen LogP contribution is 2.16. The molecule has 0 amide bonds. The number of nitrogens with zero attached hydrogens (tertiary/aromatic N) is 2. The van der Waals surface area contributed by atoms with Crippen LogP contribution in [0.3, 0.4) is 0 Å². The van der Waals surface area contributed by atoms with Crippen LogP contribution in [0.25, 0.3) is 0 Å². The van der Waals surface area contributed by atoms with Crippen molar-refractivity contribution >= 4 is 22.9 Å². The van der Waals surface area contributed by atoms with Gasteiger partial charge in [-0.15, -0.1) is 22.9 Å². The normalized spacial score (nSPS) is 21.3. The number of piperidine rings is 1. The number of alkyl halides is 1. The maximum absolute atomic E-state index is 5.76. The first-order chi connectivity index (χ1) is 8.81. The molecule has 102 valence electrons. The summed E-state index contributed by atoms with van der Waals surface area (Å²) in [6.07, 6.45) is 3.91. The Morgan fingerprint density at radius 1 is 1.61 bits per heavy atom. The van der Waals surface area contributed by atoms with E-state index in [9.17, 15) is 0 Å². The van der Waals surface area contributed by atoms with Gasteiger partial charge in [-0.05, 0) is 26.3 Å². The molecule has 1 unspecified atom stereocenters. The molecule has 0 spiro atoms. The topological polar surface area (TPSA) is 25.4 Å². The van der Waals surface area contributed by atoms with E-state index >= 15 is 0 Å². The third kappa shape index (κ3) is 4.19. The predicted molar refractivity (Wildman–Crippen MR) is 76.5 cm³/mol. The van der Waals surface area contributed by atoms with Gasteiger partial charge in [-0.3, -0.25) is 0 Å². The summed E-state index contributed by atoms with van der Waals surface area (Å²) in [7, 11) is 0. The summed E-state index contributed by atoms with van der Waals surface area (Å²) in [6.45, 7) is 6.24. The molecular formula is C13H21ClN2OS. The Morgan fingerprint density at radius 3 is 3.22 bits per heavy atom. The van der Waals surface area contributed by atoms with Crippen LogP contribution in [-0.4, -0.2) is 42.2 Å². The first kappa shape index (κ1) is 14.3. The second-order valence-corrected chi connectivity index (χ2v) is 5.85. The number of halogens is 1. The van der Waals surface area contributed by atoms with Crippen molar-refractivity contribution < 1.29 is 4.74 Å². The van der Waals surface area contributed by atoms with Crippen LogP contribution in [0.5, 0.6) is 0 Å². The summed E-state index contributed by atoms with van der Waals surface area (Å²) in [5, 5.41) is 3.26. The minimum absolute atomic E-state index is 0.429.